The Hall–Kier alpha value is -2.27. The third-order valence-electron chi connectivity index (χ3n) is 4.32. The Labute approximate surface area is 141 Å². The Bertz CT molecular complexity index is 725. The van der Waals surface area contributed by atoms with Crippen molar-refractivity contribution in [3.63, 3.8) is 0 Å². The van der Waals surface area contributed by atoms with E-state index in [2.05, 4.69) is 29.2 Å². The smallest absolute Gasteiger partial charge is 0.227 e. The summed E-state index contributed by atoms with van der Waals surface area (Å²) in [6.45, 7) is 2.38. The number of fused-ring (bicyclic) bond motifs is 1. The van der Waals surface area contributed by atoms with Crippen molar-refractivity contribution in [3.05, 3.63) is 58.1 Å². The number of aliphatic hydroxyl groups excluding tert-OH is 1. The Balaban J connectivity index is 1.36. The summed E-state index contributed by atoms with van der Waals surface area (Å²) in [7, 11) is 0. The van der Waals surface area contributed by atoms with E-state index in [0.717, 1.165) is 38.8 Å². The molecule has 3 rings (SSSR count). The average Bonchev–Trinajstić information content (AvgIpc) is 3.02. The van der Waals surface area contributed by atoms with Crippen molar-refractivity contribution in [1.29, 1.82) is 0 Å². The highest BCUT2D eigenvalue weighted by Crippen LogP contribution is 2.27. The minimum atomic E-state index is -0.283. The molecule has 1 N–H and O–H groups in total. The second-order valence-corrected chi connectivity index (χ2v) is 6.01. The molecule has 0 amide bonds. The molecule has 0 bridgehead atoms. The zero-order valence-corrected chi connectivity index (χ0v) is 13.7. The highest BCUT2D eigenvalue weighted by atomic mass is 16.5. The summed E-state index contributed by atoms with van der Waals surface area (Å²) in [5.74, 6) is 0.457. The molecule has 1 aromatic carbocycles. The molecule has 5 nitrogen and oxygen atoms in total. The third-order valence-corrected chi connectivity index (χ3v) is 4.32. The summed E-state index contributed by atoms with van der Waals surface area (Å²) >= 11 is 0. The number of unbranched alkanes of at least 4 members (excludes halogenated alkanes) is 2. The van der Waals surface area contributed by atoms with Crippen LogP contribution in [0.15, 0.2) is 45.8 Å². The van der Waals surface area contributed by atoms with Gasteiger partial charge in [-0.15, -0.1) is 0 Å². The lowest BCUT2D eigenvalue weighted by Gasteiger charge is -2.19. The maximum absolute atomic E-state index is 11.7. The largest absolute Gasteiger partial charge is 0.487 e. The van der Waals surface area contributed by atoms with Gasteiger partial charge in [-0.3, -0.25) is 4.79 Å². The van der Waals surface area contributed by atoms with E-state index in [9.17, 15) is 4.79 Å². The molecule has 1 aromatic heterocycles. The molecular formula is C19H23NO4. The van der Waals surface area contributed by atoms with Gasteiger partial charge in [-0.2, -0.15) is 0 Å². The van der Waals surface area contributed by atoms with Crippen molar-refractivity contribution in [1.82, 2.24) is 0 Å². The quantitative estimate of drug-likeness (QED) is 0.755. The van der Waals surface area contributed by atoms with Crippen LogP contribution in [-0.4, -0.2) is 24.8 Å². The second kappa shape index (κ2) is 8.02. The predicted molar refractivity (Wildman–Crippen MR) is 92.6 cm³/mol. The van der Waals surface area contributed by atoms with Gasteiger partial charge in [-0.25, -0.2) is 0 Å². The standard InChI is InChI=1S/C19H23NO4/c21-13-16-12-18(22)19(14-24-16)23-11-5-1-4-9-20-10-8-15-6-2-3-7-17(15)20/h2-3,6-7,12,14,21H,1,4-5,8-11,13H2. The van der Waals surface area contributed by atoms with Crippen LogP contribution in [0.1, 0.15) is 30.6 Å². The molecule has 0 unspecified atom stereocenters. The zero-order chi connectivity index (χ0) is 16.8. The maximum Gasteiger partial charge on any atom is 0.227 e. The maximum atomic E-state index is 11.7. The van der Waals surface area contributed by atoms with Crippen LogP contribution in [0.2, 0.25) is 0 Å². The van der Waals surface area contributed by atoms with Crippen LogP contribution in [0, 0.1) is 0 Å². The molecule has 1 aliphatic heterocycles. The van der Waals surface area contributed by atoms with E-state index in [-0.39, 0.29) is 23.5 Å². The van der Waals surface area contributed by atoms with E-state index >= 15 is 0 Å². The first kappa shape index (κ1) is 16.6. The highest BCUT2D eigenvalue weighted by Gasteiger charge is 2.17. The number of ether oxygens (including phenoxy) is 1. The lowest BCUT2D eigenvalue weighted by Crippen LogP contribution is -2.21. The Morgan fingerprint density at radius 1 is 1.21 bits per heavy atom. The molecule has 128 valence electrons. The molecule has 5 heteroatoms. The van der Waals surface area contributed by atoms with Crippen LogP contribution in [0.3, 0.4) is 0 Å². The lowest BCUT2D eigenvalue weighted by molar-refractivity contribution is 0.236. The predicted octanol–water partition coefficient (Wildman–Crippen LogP) is 2.74. The monoisotopic (exact) mass is 329 g/mol. The molecule has 24 heavy (non-hydrogen) atoms. The molecular weight excluding hydrogens is 306 g/mol. The van der Waals surface area contributed by atoms with Gasteiger partial charge in [-0.05, 0) is 37.3 Å². The van der Waals surface area contributed by atoms with Crippen LogP contribution in [-0.2, 0) is 13.0 Å². The summed E-state index contributed by atoms with van der Waals surface area (Å²) in [5, 5.41) is 8.90. The first-order valence-corrected chi connectivity index (χ1v) is 8.46. The van der Waals surface area contributed by atoms with Gasteiger partial charge >= 0.3 is 0 Å². The summed E-state index contributed by atoms with van der Waals surface area (Å²) in [6, 6.07) is 9.86. The SMILES string of the molecule is O=c1cc(CO)occ1OCCCCCN1CCc2ccccc21. The third kappa shape index (κ3) is 3.97. The van der Waals surface area contributed by atoms with Gasteiger partial charge in [0.25, 0.3) is 0 Å². The number of hydrogen-bond donors (Lipinski definition) is 1. The van der Waals surface area contributed by atoms with Crippen molar-refractivity contribution in [3.8, 4) is 5.75 Å². The van der Waals surface area contributed by atoms with Crippen molar-refractivity contribution in [2.75, 3.05) is 24.6 Å². The molecule has 2 aromatic rings. The fourth-order valence-corrected chi connectivity index (χ4v) is 3.03. The summed E-state index contributed by atoms with van der Waals surface area (Å²) < 4.78 is 10.5. The van der Waals surface area contributed by atoms with Gasteiger partial charge in [0.1, 0.15) is 18.6 Å². The molecule has 1 aliphatic rings. The van der Waals surface area contributed by atoms with Gasteiger partial charge < -0.3 is 19.2 Å². The van der Waals surface area contributed by atoms with Crippen molar-refractivity contribution in [2.24, 2.45) is 0 Å². The Morgan fingerprint density at radius 2 is 2.08 bits per heavy atom. The average molecular weight is 329 g/mol. The number of nitrogens with zero attached hydrogens (tertiary/aromatic N) is 1. The van der Waals surface area contributed by atoms with Crippen LogP contribution in [0.4, 0.5) is 5.69 Å². The van der Waals surface area contributed by atoms with Crippen molar-refractivity contribution in [2.45, 2.75) is 32.3 Å². The van der Waals surface area contributed by atoms with Gasteiger partial charge in [0.2, 0.25) is 11.2 Å². The van der Waals surface area contributed by atoms with Gasteiger partial charge in [-0.1, -0.05) is 18.2 Å². The normalized spacial score (nSPS) is 13.1. The number of benzene rings is 1. The van der Waals surface area contributed by atoms with Crippen LogP contribution < -0.4 is 15.1 Å². The minimum Gasteiger partial charge on any atom is -0.487 e. The first-order chi connectivity index (χ1) is 11.8. The second-order valence-electron chi connectivity index (χ2n) is 6.01. The Kier molecular flexibility index (Phi) is 5.54. The van der Waals surface area contributed by atoms with E-state index in [1.807, 2.05) is 0 Å². The molecule has 0 spiro atoms. The summed E-state index contributed by atoms with van der Waals surface area (Å²) in [6.07, 6.45) is 5.47. The molecule has 2 heterocycles. The summed E-state index contributed by atoms with van der Waals surface area (Å²) in [4.78, 5) is 14.1. The number of aliphatic hydroxyl groups is 1. The van der Waals surface area contributed by atoms with E-state index < -0.39 is 0 Å². The van der Waals surface area contributed by atoms with Gasteiger partial charge in [0.15, 0.2) is 0 Å². The van der Waals surface area contributed by atoms with E-state index in [4.69, 9.17) is 14.3 Å². The molecule has 0 saturated carbocycles. The molecule has 0 fully saturated rings. The first-order valence-electron chi connectivity index (χ1n) is 8.46. The molecule has 0 aliphatic carbocycles. The molecule has 0 saturated heterocycles. The van der Waals surface area contributed by atoms with Crippen molar-refractivity contribution >= 4 is 5.69 Å². The lowest BCUT2D eigenvalue weighted by atomic mass is 10.2. The highest BCUT2D eigenvalue weighted by molar-refractivity contribution is 5.57. The van der Waals surface area contributed by atoms with Crippen LogP contribution in [0.25, 0.3) is 0 Å². The topological polar surface area (TPSA) is 62.9 Å². The zero-order valence-electron chi connectivity index (χ0n) is 13.7. The van der Waals surface area contributed by atoms with E-state index in [1.54, 1.807) is 0 Å². The van der Waals surface area contributed by atoms with Crippen molar-refractivity contribution < 1.29 is 14.3 Å². The number of rotatable bonds is 8. The Morgan fingerprint density at radius 3 is 2.92 bits per heavy atom. The van der Waals surface area contributed by atoms with E-state index in [0.29, 0.717) is 6.61 Å². The van der Waals surface area contributed by atoms with Gasteiger partial charge in [0.05, 0.1) is 6.61 Å². The molecule has 0 atom stereocenters. The van der Waals surface area contributed by atoms with Crippen LogP contribution in [0.5, 0.6) is 5.75 Å². The van der Waals surface area contributed by atoms with E-state index in [1.165, 1.54) is 23.6 Å². The fraction of sp³-hybridized carbons (Fsp3) is 0.421. The summed E-state index contributed by atoms with van der Waals surface area (Å²) in [5.41, 5.74) is 2.56. The number of para-hydroxylation sites is 1. The fourth-order valence-electron chi connectivity index (χ4n) is 3.03. The number of anilines is 1. The van der Waals surface area contributed by atoms with Crippen LogP contribution >= 0.6 is 0 Å². The minimum absolute atomic E-state index is 0.209. The van der Waals surface area contributed by atoms with Gasteiger partial charge in [0, 0.05) is 24.8 Å². The number of hydrogen-bond acceptors (Lipinski definition) is 5. The molecule has 0 radical (unpaired) electrons.